The van der Waals surface area contributed by atoms with Gasteiger partial charge in [-0.25, -0.2) is 0 Å². The van der Waals surface area contributed by atoms with Crippen LogP contribution in [-0.4, -0.2) is 32.7 Å². The fourth-order valence-corrected chi connectivity index (χ4v) is 3.40. The van der Waals surface area contributed by atoms with Gasteiger partial charge >= 0.3 is 0 Å². The number of rotatable bonds is 6. The van der Waals surface area contributed by atoms with Gasteiger partial charge in [-0.15, -0.1) is 0 Å². The van der Waals surface area contributed by atoms with Crippen molar-refractivity contribution in [2.75, 3.05) is 25.7 Å². The molecule has 138 valence electrons. The first-order valence-corrected chi connectivity index (χ1v) is 8.94. The Balaban J connectivity index is 1.63. The van der Waals surface area contributed by atoms with Gasteiger partial charge in [-0.2, -0.15) is 0 Å². The van der Waals surface area contributed by atoms with E-state index >= 15 is 0 Å². The molecule has 1 aliphatic heterocycles. The average molecular weight is 354 g/mol. The summed E-state index contributed by atoms with van der Waals surface area (Å²) in [7, 11) is 3.21. The summed E-state index contributed by atoms with van der Waals surface area (Å²) in [6.45, 7) is 3.01. The van der Waals surface area contributed by atoms with Gasteiger partial charge in [0.25, 0.3) is 0 Å². The molecule has 26 heavy (non-hydrogen) atoms. The number of benzene rings is 2. The molecule has 2 aromatic rings. The van der Waals surface area contributed by atoms with E-state index in [0.717, 1.165) is 18.4 Å². The number of hydrogen-bond donors (Lipinski definition) is 1. The third kappa shape index (κ3) is 3.93. The Kier molecular flexibility index (Phi) is 5.66. The molecule has 0 aromatic heterocycles. The Hall–Kier alpha value is -2.69. The Morgan fingerprint density at radius 1 is 1.15 bits per heavy atom. The van der Waals surface area contributed by atoms with E-state index in [2.05, 4.69) is 35.3 Å². The number of hydrogen-bond acceptors (Lipinski definition) is 4. The number of nitrogens with zero attached hydrogens (tertiary/aromatic N) is 1. The highest BCUT2D eigenvalue weighted by Gasteiger charge is 2.24. The molecule has 1 heterocycles. The largest absolute Gasteiger partial charge is 0.493 e. The maximum absolute atomic E-state index is 12.5. The maximum Gasteiger partial charge on any atom is 0.239 e. The second-order valence-electron chi connectivity index (χ2n) is 6.61. The third-order valence-electron chi connectivity index (χ3n) is 4.92. The van der Waals surface area contributed by atoms with Gasteiger partial charge in [-0.1, -0.05) is 24.3 Å². The molecule has 2 aromatic carbocycles. The van der Waals surface area contributed by atoms with Gasteiger partial charge in [0.15, 0.2) is 11.5 Å². The summed E-state index contributed by atoms with van der Waals surface area (Å²) < 4.78 is 10.6. The summed E-state index contributed by atoms with van der Waals surface area (Å²) >= 11 is 0. The molecular weight excluding hydrogens is 328 g/mol. The van der Waals surface area contributed by atoms with Crippen LogP contribution < -0.4 is 19.7 Å². The zero-order valence-corrected chi connectivity index (χ0v) is 15.6. The van der Waals surface area contributed by atoms with E-state index in [1.165, 1.54) is 11.3 Å². The van der Waals surface area contributed by atoms with Crippen molar-refractivity contribution in [1.29, 1.82) is 0 Å². The molecule has 1 atom stereocenters. The van der Waals surface area contributed by atoms with E-state index in [9.17, 15) is 4.79 Å². The fourth-order valence-electron chi connectivity index (χ4n) is 3.40. The topological polar surface area (TPSA) is 50.8 Å². The van der Waals surface area contributed by atoms with Crippen molar-refractivity contribution in [3.8, 4) is 11.5 Å². The molecule has 0 aliphatic carbocycles. The van der Waals surface area contributed by atoms with Crippen LogP contribution in [0.5, 0.6) is 11.5 Å². The summed E-state index contributed by atoms with van der Waals surface area (Å²) in [6, 6.07) is 14.4. The van der Waals surface area contributed by atoms with Crippen LogP contribution in [0.4, 0.5) is 5.69 Å². The monoisotopic (exact) mass is 354 g/mol. The molecule has 0 spiro atoms. The molecule has 0 fully saturated rings. The quantitative estimate of drug-likeness (QED) is 0.866. The van der Waals surface area contributed by atoms with Crippen molar-refractivity contribution in [3.05, 3.63) is 53.6 Å². The zero-order valence-electron chi connectivity index (χ0n) is 15.6. The summed E-state index contributed by atoms with van der Waals surface area (Å²) in [5.41, 5.74) is 3.47. The zero-order chi connectivity index (χ0) is 18.5. The number of carbonyl (C=O) groups is 1. The second-order valence-corrected chi connectivity index (χ2v) is 6.61. The number of amides is 1. The Morgan fingerprint density at radius 2 is 1.92 bits per heavy atom. The van der Waals surface area contributed by atoms with Crippen molar-refractivity contribution >= 4 is 11.6 Å². The molecule has 5 heteroatoms. The van der Waals surface area contributed by atoms with E-state index in [0.29, 0.717) is 30.6 Å². The molecular formula is C21H26N2O3. The summed E-state index contributed by atoms with van der Waals surface area (Å²) in [4.78, 5) is 14.7. The third-order valence-corrected chi connectivity index (χ3v) is 4.92. The predicted molar refractivity (Wildman–Crippen MR) is 103 cm³/mol. The molecule has 1 amide bonds. The number of carbonyl (C=O) groups excluding carboxylic acids is 1. The first-order chi connectivity index (χ1) is 12.6. The smallest absolute Gasteiger partial charge is 0.239 e. The molecule has 0 radical (unpaired) electrons. The number of aryl methyl sites for hydroxylation is 1. The molecule has 0 bridgehead atoms. The number of ether oxygens (including phenoxy) is 2. The van der Waals surface area contributed by atoms with Crippen LogP contribution in [-0.2, 0) is 17.8 Å². The summed E-state index contributed by atoms with van der Waals surface area (Å²) in [6.07, 6.45) is 2.14. The summed E-state index contributed by atoms with van der Waals surface area (Å²) in [5, 5.41) is 3.01. The Bertz CT molecular complexity index is 776. The van der Waals surface area contributed by atoms with E-state index in [1.54, 1.807) is 14.2 Å². The SMILES string of the molecule is COc1ccc(CNC(=O)CN2c3ccccc3CC[C@@H]2C)cc1OC. The molecule has 1 aliphatic rings. The van der Waals surface area contributed by atoms with Gasteiger partial charge in [0.2, 0.25) is 5.91 Å². The molecule has 5 nitrogen and oxygen atoms in total. The normalized spacial score (nSPS) is 16.0. The lowest BCUT2D eigenvalue weighted by Crippen LogP contribution is -2.44. The summed E-state index contributed by atoms with van der Waals surface area (Å²) in [5.74, 6) is 1.36. The van der Waals surface area contributed by atoms with Crippen LogP contribution in [0, 0.1) is 0 Å². The van der Waals surface area contributed by atoms with Crippen LogP contribution in [0.25, 0.3) is 0 Å². The molecule has 1 N–H and O–H groups in total. The van der Waals surface area contributed by atoms with Crippen molar-refractivity contribution in [3.63, 3.8) is 0 Å². The van der Waals surface area contributed by atoms with Crippen LogP contribution >= 0.6 is 0 Å². The number of methoxy groups -OCH3 is 2. The fraction of sp³-hybridized carbons (Fsp3) is 0.381. The Morgan fingerprint density at radius 3 is 2.69 bits per heavy atom. The minimum Gasteiger partial charge on any atom is -0.493 e. The van der Waals surface area contributed by atoms with E-state index in [4.69, 9.17) is 9.47 Å². The molecule has 0 saturated carbocycles. The minimum atomic E-state index is 0.0170. The molecule has 0 unspecified atom stereocenters. The first kappa shape index (κ1) is 18.1. The van der Waals surface area contributed by atoms with Crippen molar-refractivity contribution in [2.45, 2.75) is 32.4 Å². The number of fused-ring (bicyclic) bond motifs is 1. The second kappa shape index (κ2) is 8.13. The van der Waals surface area contributed by atoms with Crippen molar-refractivity contribution in [1.82, 2.24) is 5.32 Å². The lowest BCUT2D eigenvalue weighted by Gasteiger charge is -2.36. The van der Waals surface area contributed by atoms with Gasteiger partial charge in [0.05, 0.1) is 20.8 Å². The highest BCUT2D eigenvalue weighted by Crippen LogP contribution is 2.30. The standard InChI is InChI=1S/C21H26N2O3/c1-15-8-10-17-6-4-5-7-18(17)23(15)14-21(24)22-13-16-9-11-19(25-2)20(12-16)26-3/h4-7,9,11-12,15H,8,10,13-14H2,1-3H3,(H,22,24)/t15-/m0/s1. The van der Waals surface area contributed by atoms with Crippen LogP contribution in [0.3, 0.4) is 0 Å². The van der Waals surface area contributed by atoms with Crippen LogP contribution in [0.15, 0.2) is 42.5 Å². The molecule has 3 rings (SSSR count). The Labute approximate surface area is 154 Å². The lowest BCUT2D eigenvalue weighted by molar-refractivity contribution is -0.120. The highest BCUT2D eigenvalue weighted by atomic mass is 16.5. The van der Waals surface area contributed by atoms with Gasteiger partial charge in [0.1, 0.15) is 0 Å². The number of nitrogens with one attached hydrogen (secondary N) is 1. The number of anilines is 1. The van der Waals surface area contributed by atoms with E-state index in [-0.39, 0.29) is 5.91 Å². The maximum atomic E-state index is 12.5. The number of para-hydroxylation sites is 1. The average Bonchev–Trinajstić information content (AvgIpc) is 2.68. The van der Waals surface area contributed by atoms with Crippen molar-refractivity contribution < 1.29 is 14.3 Å². The van der Waals surface area contributed by atoms with Crippen molar-refractivity contribution in [2.24, 2.45) is 0 Å². The van der Waals surface area contributed by atoms with Gasteiger partial charge in [-0.05, 0) is 49.1 Å². The van der Waals surface area contributed by atoms with E-state index in [1.807, 2.05) is 24.3 Å². The van der Waals surface area contributed by atoms with Crippen LogP contribution in [0.1, 0.15) is 24.5 Å². The predicted octanol–water partition coefficient (Wildman–Crippen LogP) is 3.16. The first-order valence-electron chi connectivity index (χ1n) is 8.94. The van der Waals surface area contributed by atoms with Gasteiger partial charge in [-0.3, -0.25) is 4.79 Å². The van der Waals surface area contributed by atoms with E-state index < -0.39 is 0 Å². The van der Waals surface area contributed by atoms with Gasteiger partial charge < -0.3 is 19.7 Å². The minimum absolute atomic E-state index is 0.0170. The van der Waals surface area contributed by atoms with Gasteiger partial charge in [0, 0.05) is 18.3 Å². The molecule has 0 saturated heterocycles. The highest BCUT2D eigenvalue weighted by molar-refractivity contribution is 5.82. The lowest BCUT2D eigenvalue weighted by atomic mass is 9.96. The van der Waals surface area contributed by atoms with Crippen LogP contribution in [0.2, 0.25) is 0 Å².